The molecule has 0 bridgehead atoms. The maximum Gasteiger partial charge on any atom is 0.163 e. The predicted octanol–water partition coefficient (Wildman–Crippen LogP) is 1.19. The Bertz CT molecular complexity index is 1020. The standard InChI is InChI=1S/C23H26N2O4.ClH/c1-4-28-21-12-16-14-24-23(15-8-9-20(27-3)19(26)11-15)17-7-6-10-25(17)18(16)13-22(21)29-5-2;/h6-13,23-24,26H,4-5,14H2,1-3H3;1H/p-1. The molecule has 30 heavy (non-hydrogen) atoms. The summed E-state index contributed by atoms with van der Waals surface area (Å²) in [6.07, 6.45) is 2.05. The van der Waals surface area contributed by atoms with Gasteiger partial charge >= 0.3 is 0 Å². The zero-order chi connectivity index (χ0) is 20.4. The van der Waals surface area contributed by atoms with Crippen LogP contribution in [0.1, 0.15) is 36.7 Å². The molecule has 3 aromatic rings. The van der Waals surface area contributed by atoms with Crippen molar-refractivity contribution >= 4 is 0 Å². The average molecular weight is 430 g/mol. The zero-order valence-corrected chi connectivity index (χ0v) is 18.1. The molecule has 0 amide bonds. The van der Waals surface area contributed by atoms with Crippen LogP contribution in [0.25, 0.3) is 5.69 Å². The minimum atomic E-state index is -0.0831. The van der Waals surface area contributed by atoms with Crippen molar-refractivity contribution in [1.29, 1.82) is 0 Å². The lowest BCUT2D eigenvalue weighted by atomic mass is 10.0. The van der Waals surface area contributed by atoms with E-state index >= 15 is 0 Å². The Labute approximate surface area is 182 Å². The molecule has 0 fully saturated rings. The van der Waals surface area contributed by atoms with Crippen molar-refractivity contribution in [3.8, 4) is 28.7 Å². The topological polar surface area (TPSA) is 64.9 Å². The number of hydrogen-bond donors (Lipinski definition) is 2. The fourth-order valence-corrected chi connectivity index (χ4v) is 3.83. The van der Waals surface area contributed by atoms with Crippen LogP contribution in [0.5, 0.6) is 23.0 Å². The molecule has 2 aromatic carbocycles. The van der Waals surface area contributed by atoms with E-state index in [-0.39, 0.29) is 24.2 Å². The highest BCUT2D eigenvalue weighted by Gasteiger charge is 2.25. The second kappa shape index (κ2) is 9.32. The van der Waals surface area contributed by atoms with Crippen LogP contribution < -0.4 is 31.9 Å². The van der Waals surface area contributed by atoms with Gasteiger partial charge in [0.1, 0.15) is 0 Å². The Hall–Kier alpha value is -2.83. The molecule has 0 radical (unpaired) electrons. The second-order valence-electron chi connectivity index (χ2n) is 6.84. The van der Waals surface area contributed by atoms with E-state index in [1.54, 1.807) is 19.2 Å². The van der Waals surface area contributed by atoms with Gasteiger partial charge in [-0.15, -0.1) is 0 Å². The predicted molar refractivity (Wildman–Crippen MR) is 111 cm³/mol. The molecule has 4 rings (SSSR count). The van der Waals surface area contributed by atoms with E-state index < -0.39 is 0 Å². The van der Waals surface area contributed by atoms with E-state index in [0.717, 1.165) is 34.0 Å². The van der Waals surface area contributed by atoms with Gasteiger partial charge in [-0.3, -0.25) is 0 Å². The van der Waals surface area contributed by atoms with Crippen LogP contribution >= 0.6 is 0 Å². The van der Waals surface area contributed by atoms with Gasteiger partial charge in [-0.1, -0.05) is 6.07 Å². The van der Waals surface area contributed by atoms with Crippen molar-refractivity contribution in [2.24, 2.45) is 0 Å². The molecule has 1 aromatic heterocycles. The number of rotatable bonds is 6. The number of nitrogens with zero attached hydrogens (tertiary/aromatic N) is 1. The van der Waals surface area contributed by atoms with Crippen LogP contribution in [0.15, 0.2) is 48.7 Å². The summed E-state index contributed by atoms with van der Waals surface area (Å²) >= 11 is 0. The van der Waals surface area contributed by atoms with Crippen LogP contribution in [0.2, 0.25) is 0 Å². The first-order valence-electron chi connectivity index (χ1n) is 9.86. The van der Waals surface area contributed by atoms with Crippen molar-refractivity contribution in [3.63, 3.8) is 0 Å². The van der Waals surface area contributed by atoms with Gasteiger partial charge in [0.2, 0.25) is 0 Å². The Morgan fingerprint density at radius 1 is 1.03 bits per heavy atom. The van der Waals surface area contributed by atoms with Crippen molar-refractivity contribution in [2.75, 3.05) is 20.3 Å². The first-order valence-corrected chi connectivity index (χ1v) is 9.86. The van der Waals surface area contributed by atoms with Crippen LogP contribution in [-0.4, -0.2) is 30.0 Å². The summed E-state index contributed by atoms with van der Waals surface area (Å²) in [7, 11) is 1.55. The highest BCUT2D eigenvalue weighted by molar-refractivity contribution is 5.57. The number of ether oxygens (including phenoxy) is 3. The van der Waals surface area contributed by atoms with Gasteiger partial charge in [0.05, 0.1) is 32.1 Å². The van der Waals surface area contributed by atoms with Crippen molar-refractivity contribution in [3.05, 3.63) is 65.5 Å². The molecular weight excluding hydrogens is 404 g/mol. The summed E-state index contributed by atoms with van der Waals surface area (Å²) in [5.74, 6) is 2.09. The van der Waals surface area contributed by atoms with E-state index in [1.807, 2.05) is 38.2 Å². The van der Waals surface area contributed by atoms with E-state index in [0.29, 0.717) is 25.5 Å². The highest BCUT2D eigenvalue weighted by Crippen LogP contribution is 2.38. The van der Waals surface area contributed by atoms with Gasteiger partial charge in [-0.25, -0.2) is 0 Å². The fraction of sp³-hybridized carbons (Fsp3) is 0.304. The van der Waals surface area contributed by atoms with E-state index in [2.05, 4.69) is 22.0 Å². The molecule has 0 saturated heterocycles. The van der Waals surface area contributed by atoms with Crippen molar-refractivity contribution < 1.29 is 31.7 Å². The Kier molecular flexibility index (Phi) is 6.80. The number of phenolic OH excluding ortho intramolecular Hbond substituents is 1. The third kappa shape index (κ3) is 3.93. The number of benzene rings is 2. The Morgan fingerprint density at radius 3 is 2.43 bits per heavy atom. The molecule has 2 N–H and O–H groups in total. The highest BCUT2D eigenvalue weighted by atomic mass is 35.5. The largest absolute Gasteiger partial charge is 1.00 e. The van der Waals surface area contributed by atoms with E-state index in [9.17, 15) is 5.11 Å². The molecule has 0 saturated carbocycles. The number of phenols is 1. The molecule has 6 nitrogen and oxygen atoms in total. The van der Waals surface area contributed by atoms with E-state index in [4.69, 9.17) is 14.2 Å². The molecule has 1 aliphatic rings. The van der Waals surface area contributed by atoms with Gasteiger partial charge < -0.3 is 41.6 Å². The summed E-state index contributed by atoms with van der Waals surface area (Å²) in [6.45, 7) is 5.74. The van der Waals surface area contributed by atoms with Gasteiger partial charge in [0.15, 0.2) is 23.0 Å². The molecule has 7 heteroatoms. The van der Waals surface area contributed by atoms with Crippen LogP contribution in [0.3, 0.4) is 0 Å². The first-order chi connectivity index (χ1) is 14.2. The number of hydrogen-bond acceptors (Lipinski definition) is 5. The maximum atomic E-state index is 10.3. The third-order valence-corrected chi connectivity index (χ3v) is 5.11. The molecule has 0 aliphatic carbocycles. The summed E-state index contributed by atoms with van der Waals surface area (Å²) < 4.78 is 19.0. The SMILES string of the molecule is CCOc1cc2c(cc1OCC)-n1cccc1C(c1ccc(OC)c(O)c1)NC2.[Cl-]. The number of fused-ring (bicyclic) bond motifs is 3. The minimum Gasteiger partial charge on any atom is -1.00 e. The molecule has 160 valence electrons. The van der Waals surface area contributed by atoms with Crippen LogP contribution in [0.4, 0.5) is 0 Å². The quantitative estimate of drug-likeness (QED) is 0.616. The normalized spacial score (nSPS) is 14.7. The summed E-state index contributed by atoms with van der Waals surface area (Å²) in [6, 6.07) is 13.6. The molecule has 0 spiro atoms. The van der Waals surface area contributed by atoms with E-state index in [1.165, 1.54) is 0 Å². The summed E-state index contributed by atoms with van der Waals surface area (Å²) in [5.41, 5.74) is 4.23. The smallest absolute Gasteiger partial charge is 0.163 e. The molecular formula is C23H26ClN2O4-. The first kappa shape index (κ1) is 21.9. The maximum absolute atomic E-state index is 10.3. The van der Waals surface area contributed by atoms with Gasteiger partial charge in [-0.05, 0) is 55.3 Å². The van der Waals surface area contributed by atoms with Crippen molar-refractivity contribution in [2.45, 2.75) is 26.4 Å². The number of nitrogens with one attached hydrogen (secondary N) is 1. The second-order valence-corrected chi connectivity index (χ2v) is 6.84. The molecule has 1 aliphatic heterocycles. The average Bonchev–Trinajstić information content (AvgIpc) is 3.14. The van der Waals surface area contributed by atoms with Crippen LogP contribution in [0, 0.1) is 0 Å². The summed E-state index contributed by atoms with van der Waals surface area (Å²) in [4.78, 5) is 0. The molecule has 1 atom stereocenters. The Morgan fingerprint density at radius 2 is 1.77 bits per heavy atom. The summed E-state index contributed by atoms with van der Waals surface area (Å²) in [5, 5.41) is 13.9. The van der Waals surface area contributed by atoms with Crippen LogP contribution in [-0.2, 0) is 6.54 Å². The van der Waals surface area contributed by atoms with Gasteiger partial charge in [0.25, 0.3) is 0 Å². The lowest BCUT2D eigenvalue weighted by Crippen LogP contribution is -3.00. The zero-order valence-electron chi connectivity index (χ0n) is 17.3. The lowest BCUT2D eigenvalue weighted by molar-refractivity contribution is -0.00000803. The lowest BCUT2D eigenvalue weighted by Gasteiger charge is -2.19. The molecule has 1 unspecified atom stereocenters. The number of aromatic hydroxyl groups is 1. The Balaban J connectivity index is 0.00000256. The number of aromatic nitrogens is 1. The number of halogens is 1. The van der Waals surface area contributed by atoms with Gasteiger partial charge in [0, 0.05) is 24.5 Å². The monoisotopic (exact) mass is 429 g/mol. The van der Waals surface area contributed by atoms with Gasteiger partial charge in [-0.2, -0.15) is 0 Å². The fourth-order valence-electron chi connectivity index (χ4n) is 3.83. The minimum absolute atomic E-state index is 0. The third-order valence-electron chi connectivity index (χ3n) is 5.11. The molecule has 2 heterocycles. The van der Waals surface area contributed by atoms with Crippen molar-refractivity contribution in [1.82, 2.24) is 9.88 Å². The number of methoxy groups -OCH3 is 1.